The smallest absolute Gasteiger partial charge is 0.480 e. The molecule has 0 fully saturated rings. The Morgan fingerprint density at radius 3 is 1.95 bits per heavy atom. The van der Waals surface area contributed by atoms with Crippen molar-refractivity contribution in [3.05, 3.63) is 23.8 Å². The summed E-state index contributed by atoms with van der Waals surface area (Å²) in [6.45, 7) is 10.9. The lowest BCUT2D eigenvalue weighted by Crippen LogP contribution is -2.42. The van der Waals surface area contributed by atoms with Gasteiger partial charge in [-0.1, -0.05) is 39.7 Å². The number of hydrogen-bond acceptors (Lipinski definition) is 10. The van der Waals surface area contributed by atoms with Crippen LogP contribution in [0.3, 0.4) is 0 Å². The number of ether oxygens (including phenoxy) is 5. The Morgan fingerprint density at radius 1 is 0.821 bits per heavy atom. The summed E-state index contributed by atoms with van der Waals surface area (Å²) in [5.74, 6) is -1.65. The van der Waals surface area contributed by atoms with Crippen LogP contribution in [0, 0.1) is 0 Å². The molecule has 39 heavy (non-hydrogen) atoms. The third-order valence-electron chi connectivity index (χ3n) is 5.85. The van der Waals surface area contributed by atoms with E-state index < -0.39 is 36.5 Å². The number of carbonyl (C=O) groups is 4. The molecule has 1 rings (SSSR count). The lowest BCUT2D eigenvalue weighted by atomic mass is 10.0. The van der Waals surface area contributed by atoms with Crippen LogP contribution < -0.4 is 14.8 Å². The number of nitrogens with one attached hydrogen (secondary N) is 1. The first-order chi connectivity index (χ1) is 18.5. The molecule has 0 aliphatic heterocycles. The molecule has 0 saturated carbocycles. The van der Waals surface area contributed by atoms with E-state index in [1.165, 1.54) is 12.1 Å². The molecule has 3 unspecified atom stereocenters. The molecule has 11 nitrogen and oxygen atoms in total. The van der Waals surface area contributed by atoms with E-state index >= 15 is 0 Å². The maximum atomic E-state index is 12.3. The van der Waals surface area contributed by atoms with E-state index in [4.69, 9.17) is 23.7 Å². The second-order valence-electron chi connectivity index (χ2n) is 9.42. The Hall–Kier alpha value is -3.34. The summed E-state index contributed by atoms with van der Waals surface area (Å²) in [6.07, 6.45) is 0.878. The average molecular weight is 554 g/mol. The van der Waals surface area contributed by atoms with E-state index in [-0.39, 0.29) is 36.5 Å². The van der Waals surface area contributed by atoms with Crippen molar-refractivity contribution in [3.8, 4) is 11.5 Å². The van der Waals surface area contributed by atoms with E-state index in [0.29, 0.717) is 24.8 Å². The van der Waals surface area contributed by atoms with Gasteiger partial charge in [0, 0.05) is 13.0 Å². The van der Waals surface area contributed by atoms with E-state index in [9.17, 15) is 24.3 Å². The van der Waals surface area contributed by atoms with Crippen molar-refractivity contribution >= 4 is 24.2 Å². The molecular weight excluding hydrogens is 510 g/mol. The molecule has 0 aromatic heterocycles. The van der Waals surface area contributed by atoms with Gasteiger partial charge in [0.1, 0.15) is 24.4 Å². The van der Waals surface area contributed by atoms with Gasteiger partial charge in [-0.2, -0.15) is 0 Å². The molecule has 1 aromatic rings. The second kappa shape index (κ2) is 18.0. The molecule has 220 valence electrons. The normalized spacial score (nSPS) is 13.9. The summed E-state index contributed by atoms with van der Waals surface area (Å²) >= 11 is 0. The zero-order valence-electron chi connectivity index (χ0n) is 23.8. The monoisotopic (exact) mass is 553 g/mol. The molecule has 11 heteroatoms. The predicted molar refractivity (Wildman–Crippen MR) is 143 cm³/mol. The molecule has 0 aliphatic carbocycles. The number of esters is 1. The summed E-state index contributed by atoms with van der Waals surface area (Å²) in [5, 5.41) is 12.6. The fraction of sp³-hybridized carbons (Fsp3) is 0.643. The van der Waals surface area contributed by atoms with Crippen LogP contribution in [0.15, 0.2) is 18.2 Å². The average Bonchev–Trinajstić information content (AvgIpc) is 2.87. The highest BCUT2D eigenvalue weighted by atomic mass is 16.7. The fourth-order valence-corrected chi connectivity index (χ4v) is 3.20. The SMILES string of the molecule is CCCCCC(=O)OC(C)CN[C@@H](Cc1ccc(OC(=O)OC(C)CC)c(OC(=O)OC(C)CC)c1)C(=O)O. The topological polar surface area (TPSA) is 147 Å². The minimum atomic E-state index is -1.12. The molecule has 0 radical (unpaired) electrons. The van der Waals surface area contributed by atoms with Crippen LogP contribution in [0.5, 0.6) is 11.5 Å². The van der Waals surface area contributed by atoms with Gasteiger partial charge in [-0.25, -0.2) is 9.59 Å². The maximum Gasteiger partial charge on any atom is 0.514 e. The van der Waals surface area contributed by atoms with Crippen LogP contribution in [0.25, 0.3) is 0 Å². The van der Waals surface area contributed by atoms with Gasteiger partial charge in [0.2, 0.25) is 0 Å². The first-order valence-corrected chi connectivity index (χ1v) is 13.5. The van der Waals surface area contributed by atoms with E-state index in [1.807, 2.05) is 20.8 Å². The first-order valence-electron chi connectivity index (χ1n) is 13.5. The van der Waals surface area contributed by atoms with Gasteiger partial charge in [-0.15, -0.1) is 0 Å². The Balaban J connectivity index is 2.96. The lowest BCUT2D eigenvalue weighted by Gasteiger charge is -2.19. The number of carboxylic acid groups (broad SMARTS) is 1. The number of hydrogen-bond donors (Lipinski definition) is 2. The van der Waals surface area contributed by atoms with Gasteiger partial charge in [0.05, 0.1) is 0 Å². The number of aliphatic carboxylic acids is 1. The molecule has 1 aromatic carbocycles. The predicted octanol–water partition coefficient (Wildman–Crippen LogP) is 5.41. The highest BCUT2D eigenvalue weighted by molar-refractivity contribution is 5.74. The van der Waals surface area contributed by atoms with E-state index in [2.05, 4.69) is 5.32 Å². The zero-order valence-corrected chi connectivity index (χ0v) is 23.8. The van der Waals surface area contributed by atoms with Gasteiger partial charge in [0.25, 0.3) is 0 Å². The van der Waals surface area contributed by atoms with Crippen molar-refractivity contribution in [3.63, 3.8) is 0 Å². The van der Waals surface area contributed by atoms with E-state index in [0.717, 1.165) is 19.3 Å². The molecule has 2 N–H and O–H groups in total. The maximum absolute atomic E-state index is 12.3. The van der Waals surface area contributed by atoms with Gasteiger partial charge >= 0.3 is 24.2 Å². The Labute approximate surface area is 230 Å². The number of carbonyl (C=O) groups excluding carboxylic acids is 3. The van der Waals surface area contributed by atoms with Crippen molar-refractivity contribution in [1.29, 1.82) is 0 Å². The third kappa shape index (κ3) is 13.9. The Morgan fingerprint density at radius 2 is 1.41 bits per heavy atom. The largest absolute Gasteiger partial charge is 0.514 e. The number of carboxylic acids is 1. The minimum Gasteiger partial charge on any atom is -0.480 e. The Bertz CT molecular complexity index is 935. The minimum absolute atomic E-state index is 0.000859. The van der Waals surface area contributed by atoms with Crippen molar-refractivity contribution in [2.45, 2.75) is 111 Å². The first kappa shape index (κ1) is 33.7. The van der Waals surface area contributed by atoms with Gasteiger partial charge in [0.15, 0.2) is 11.5 Å². The molecule has 0 aliphatic rings. The number of benzene rings is 1. The summed E-state index contributed by atoms with van der Waals surface area (Å²) in [4.78, 5) is 48.3. The molecule has 0 amide bonds. The van der Waals surface area contributed by atoms with Crippen LogP contribution in [0.4, 0.5) is 9.59 Å². The quantitative estimate of drug-likeness (QED) is 0.110. The van der Waals surface area contributed by atoms with Crippen LogP contribution in [0.1, 0.15) is 85.6 Å². The van der Waals surface area contributed by atoms with Gasteiger partial charge in [-0.3, -0.25) is 9.59 Å². The summed E-state index contributed by atoms with van der Waals surface area (Å²) < 4.78 is 26.1. The summed E-state index contributed by atoms with van der Waals surface area (Å²) in [5.41, 5.74) is 0.480. The van der Waals surface area contributed by atoms with Crippen molar-refractivity contribution in [2.24, 2.45) is 0 Å². The summed E-state index contributed by atoms with van der Waals surface area (Å²) in [6, 6.07) is 3.30. The van der Waals surface area contributed by atoms with Crippen LogP contribution in [-0.2, 0) is 30.2 Å². The molecule has 0 heterocycles. The van der Waals surface area contributed by atoms with Crippen molar-refractivity contribution in [2.75, 3.05) is 6.54 Å². The summed E-state index contributed by atoms with van der Waals surface area (Å²) in [7, 11) is 0. The lowest BCUT2D eigenvalue weighted by molar-refractivity contribution is -0.148. The van der Waals surface area contributed by atoms with Crippen LogP contribution in [-0.4, -0.2) is 60.3 Å². The third-order valence-corrected chi connectivity index (χ3v) is 5.85. The molecule has 0 bridgehead atoms. The van der Waals surface area contributed by atoms with E-state index in [1.54, 1.807) is 26.8 Å². The van der Waals surface area contributed by atoms with Crippen molar-refractivity contribution < 1.29 is 48.0 Å². The highest BCUT2D eigenvalue weighted by Gasteiger charge is 2.23. The molecule has 0 spiro atoms. The molecule has 0 saturated heterocycles. The Kier molecular flexibility index (Phi) is 15.6. The van der Waals surface area contributed by atoms with Crippen LogP contribution in [0.2, 0.25) is 0 Å². The van der Waals surface area contributed by atoms with Gasteiger partial charge in [-0.05, 0) is 64.2 Å². The second-order valence-corrected chi connectivity index (χ2v) is 9.42. The number of rotatable bonds is 17. The zero-order chi connectivity index (χ0) is 29.4. The molecule has 4 atom stereocenters. The fourth-order valence-electron chi connectivity index (χ4n) is 3.20. The molecular formula is C28H43NO10. The highest BCUT2D eigenvalue weighted by Crippen LogP contribution is 2.30. The van der Waals surface area contributed by atoms with Gasteiger partial charge < -0.3 is 34.1 Å². The van der Waals surface area contributed by atoms with Crippen LogP contribution >= 0.6 is 0 Å². The standard InChI is InChI=1S/C28H43NO10/c1-7-10-11-12-25(30)35-20(6)17-29-22(26(31)32)15-21-13-14-23(38-27(33)36-18(4)8-2)24(16-21)39-28(34)37-19(5)9-3/h13-14,16,18-20,22,29H,7-12,15,17H2,1-6H3,(H,31,32)/t18?,19?,20?,22-/m0/s1. The van der Waals surface area contributed by atoms with Crippen molar-refractivity contribution in [1.82, 2.24) is 5.32 Å². The number of unbranched alkanes of at least 4 members (excludes halogenated alkanes) is 2.